The van der Waals surface area contributed by atoms with Gasteiger partial charge in [-0.1, -0.05) is 27.7 Å². The minimum absolute atomic E-state index is 0.0153. The average Bonchev–Trinajstić information content (AvgIpc) is 3.54. The molecule has 3 heterocycles. The third-order valence-electron chi connectivity index (χ3n) is 6.37. The van der Waals surface area contributed by atoms with Crippen molar-refractivity contribution < 1.29 is 19.4 Å². The Balaban J connectivity index is 1.81. The minimum atomic E-state index is -0.599. The monoisotopic (exact) mass is 485 g/mol. The Hall–Kier alpha value is -3.14. The molecule has 10 heteroatoms. The van der Waals surface area contributed by atoms with Crippen molar-refractivity contribution in [3.05, 3.63) is 33.3 Å². The zero-order valence-corrected chi connectivity index (χ0v) is 21.1. The molecule has 1 aliphatic heterocycles. The summed E-state index contributed by atoms with van der Waals surface area (Å²) in [5, 5.41) is 18.2. The summed E-state index contributed by atoms with van der Waals surface area (Å²) in [4.78, 5) is 41.2. The smallest absolute Gasteiger partial charge is 0.270 e. The number of ether oxygens (including phenoxy) is 1. The van der Waals surface area contributed by atoms with E-state index in [9.17, 15) is 19.5 Å². The topological polar surface area (TPSA) is 118 Å². The van der Waals surface area contributed by atoms with E-state index in [0.717, 1.165) is 19.3 Å². The van der Waals surface area contributed by atoms with Crippen LogP contribution in [0, 0.1) is 12.3 Å². The Kier molecular flexibility index (Phi) is 6.77. The second kappa shape index (κ2) is 9.49. The first kappa shape index (κ1) is 25.0. The fraction of sp³-hybridized carbons (Fsp3) is 0.600. The van der Waals surface area contributed by atoms with Crippen molar-refractivity contribution in [1.29, 1.82) is 0 Å². The van der Waals surface area contributed by atoms with Gasteiger partial charge in [0, 0.05) is 30.8 Å². The van der Waals surface area contributed by atoms with Crippen molar-refractivity contribution >= 4 is 23.5 Å². The lowest BCUT2D eigenvalue weighted by Gasteiger charge is -2.34. The Morgan fingerprint density at radius 2 is 2.00 bits per heavy atom. The molecule has 0 aromatic carbocycles. The number of fused-ring (bicyclic) bond motifs is 1. The number of aromatic hydroxyl groups is 1. The van der Waals surface area contributed by atoms with Crippen molar-refractivity contribution in [3.63, 3.8) is 0 Å². The summed E-state index contributed by atoms with van der Waals surface area (Å²) in [6, 6.07) is 0.0469. The molecular formula is C25H35N5O5. The quantitative estimate of drug-likeness (QED) is 0.605. The van der Waals surface area contributed by atoms with Gasteiger partial charge in [-0.2, -0.15) is 9.61 Å². The van der Waals surface area contributed by atoms with Gasteiger partial charge in [-0.05, 0) is 37.7 Å². The van der Waals surface area contributed by atoms with E-state index in [-0.39, 0.29) is 29.0 Å². The van der Waals surface area contributed by atoms with Gasteiger partial charge < -0.3 is 20.1 Å². The highest BCUT2D eigenvalue weighted by Gasteiger charge is 2.31. The van der Waals surface area contributed by atoms with Crippen LogP contribution in [-0.4, -0.2) is 67.8 Å². The van der Waals surface area contributed by atoms with Crippen LogP contribution >= 0.6 is 0 Å². The van der Waals surface area contributed by atoms with Gasteiger partial charge in [0.1, 0.15) is 5.65 Å². The van der Waals surface area contributed by atoms with Crippen LogP contribution in [-0.2, 0) is 16.1 Å². The summed E-state index contributed by atoms with van der Waals surface area (Å²) in [7, 11) is 0. The van der Waals surface area contributed by atoms with E-state index < -0.39 is 17.3 Å². The molecular weight excluding hydrogens is 450 g/mol. The van der Waals surface area contributed by atoms with E-state index in [1.165, 1.54) is 15.2 Å². The van der Waals surface area contributed by atoms with Crippen LogP contribution in [0.5, 0.6) is 5.88 Å². The van der Waals surface area contributed by atoms with Crippen LogP contribution in [0.25, 0.3) is 11.7 Å². The van der Waals surface area contributed by atoms with Crippen LogP contribution in [0.1, 0.15) is 68.6 Å². The van der Waals surface area contributed by atoms with Crippen LogP contribution < -0.4 is 10.9 Å². The van der Waals surface area contributed by atoms with Gasteiger partial charge in [0.15, 0.2) is 5.56 Å². The minimum Gasteiger partial charge on any atom is -0.492 e. The fourth-order valence-electron chi connectivity index (χ4n) is 4.40. The fourth-order valence-corrected chi connectivity index (χ4v) is 4.40. The highest BCUT2D eigenvalue weighted by atomic mass is 16.5. The predicted molar refractivity (Wildman–Crippen MR) is 131 cm³/mol. The molecule has 1 saturated heterocycles. The first-order valence-electron chi connectivity index (χ1n) is 12.2. The first-order valence-corrected chi connectivity index (χ1v) is 12.2. The van der Waals surface area contributed by atoms with Crippen molar-refractivity contribution in [2.75, 3.05) is 19.8 Å². The SMILES string of the molecule is CC[C@H]1COCCN1C(=O)/C=C/c1c(C)nn2c(O)c(C(=O)NC3CC3)c(=O)n(CC(C)(C)C)c12. The maximum atomic E-state index is 13.5. The van der Waals surface area contributed by atoms with Crippen LogP contribution in [0.4, 0.5) is 0 Å². The molecule has 190 valence electrons. The standard InChI is InChI=1S/C25H35N5O5/c1-6-17-13-35-12-11-28(17)19(31)10-9-18-15(2)27-30-22(18)29(14-25(3,4)5)23(33)20(24(30)34)21(32)26-16-7-8-16/h9-10,16-17,34H,6-8,11-14H2,1-5H3,(H,26,32)/b10-9+/t17-/m0/s1. The number of aromatic nitrogens is 3. The summed E-state index contributed by atoms with van der Waals surface area (Å²) in [6.07, 6.45) is 5.63. The molecule has 2 amide bonds. The normalized spacial score (nSPS) is 19.0. The Morgan fingerprint density at radius 3 is 2.63 bits per heavy atom. The van der Waals surface area contributed by atoms with E-state index in [1.807, 2.05) is 27.7 Å². The molecule has 0 bridgehead atoms. The number of carbonyl (C=O) groups is 2. The zero-order valence-electron chi connectivity index (χ0n) is 21.1. The molecule has 2 aromatic heterocycles. The van der Waals surface area contributed by atoms with E-state index >= 15 is 0 Å². The molecule has 2 fully saturated rings. The molecule has 2 aromatic rings. The molecule has 10 nitrogen and oxygen atoms in total. The summed E-state index contributed by atoms with van der Waals surface area (Å²) < 4.78 is 8.21. The lowest BCUT2D eigenvalue weighted by Crippen LogP contribution is -2.47. The molecule has 35 heavy (non-hydrogen) atoms. The number of hydrogen-bond donors (Lipinski definition) is 2. The Bertz CT molecular complexity index is 1230. The molecule has 2 aliphatic rings. The highest BCUT2D eigenvalue weighted by molar-refractivity contribution is 5.97. The number of carbonyl (C=O) groups excluding carboxylic acids is 2. The predicted octanol–water partition coefficient (Wildman–Crippen LogP) is 2.10. The number of morpholine rings is 1. The molecule has 0 radical (unpaired) electrons. The molecule has 2 N–H and O–H groups in total. The summed E-state index contributed by atoms with van der Waals surface area (Å²) in [6.45, 7) is 11.5. The highest BCUT2D eigenvalue weighted by Crippen LogP contribution is 2.27. The maximum absolute atomic E-state index is 13.5. The Labute approximate surface area is 204 Å². The molecule has 4 rings (SSSR count). The summed E-state index contributed by atoms with van der Waals surface area (Å²) >= 11 is 0. The molecule has 1 atom stereocenters. The van der Waals surface area contributed by atoms with Gasteiger partial charge >= 0.3 is 0 Å². The molecule has 0 unspecified atom stereocenters. The molecule has 0 spiro atoms. The van der Waals surface area contributed by atoms with E-state index in [4.69, 9.17) is 4.74 Å². The second-order valence-corrected chi connectivity index (χ2v) is 10.6. The molecule has 1 saturated carbocycles. The number of rotatable bonds is 6. The van der Waals surface area contributed by atoms with Crippen molar-refractivity contribution in [2.45, 2.75) is 72.5 Å². The van der Waals surface area contributed by atoms with Gasteiger partial charge in [0.25, 0.3) is 11.5 Å². The number of nitrogens with zero attached hydrogens (tertiary/aromatic N) is 4. The van der Waals surface area contributed by atoms with Crippen LogP contribution in [0.3, 0.4) is 0 Å². The second-order valence-electron chi connectivity index (χ2n) is 10.6. The van der Waals surface area contributed by atoms with Gasteiger partial charge in [-0.25, -0.2) is 0 Å². The average molecular weight is 486 g/mol. The molecule has 1 aliphatic carbocycles. The van der Waals surface area contributed by atoms with E-state index in [0.29, 0.717) is 43.2 Å². The number of hydrogen-bond acceptors (Lipinski definition) is 6. The van der Waals surface area contributed by atoms with Crippen LogP contribution in [0.15, 0.2) is 10.9 Å². The van der Waals surface area contributed by atoms with Crippen molar-refractivity contribution in [1.82, 2.24) is 24.4 Å². The maximum Gasteiger partial charge on any atom is 0.270 e. The van der Waals surface area contributed by atoms with Gasteiger partial charge in [-0.15, -0.1) is 0 Å². The van der Waals surface area contributed by atoms with Gasteiger partial charge in [0.05, 0.1) is 24.9 Å². The number of nitrogens with one attached hydrogen (secondary N) is 1. The summed E-state index contributed by atoms with van der Waals surface area (Å²) in [5.74, 6) is -1.24. The van der Waals surface area contributed by atoms with Gasteiger partial charge in [0.2, 0.25) is 11.8 Å². The zero-order chi connectivity index (χ0) is 25.5. The lowest BCUT2D eigenvalue weighted by molar-refractivity contribution is -0.134. The van der Waals surface area contributed by atoms with E-state index in [1.54, 1.807) is 17.9 Å². The van der Waals surface area contributed by atoms with Crippen molar-refractivity contribution in [2.24, 2.45) is 5.41 Å². The number of amides is 2. The largest absolute Gasteiger partial charge is 0.492 e. The van der Waals surface area contributed by atoms with Crippen LogP contribution in [0.2, 0.25) is 0 Å². The van der Waals surface area contributed by atoms with E-state index in [2.05, 4.69) is 10.4 Å². The van der Waals surface area contributed by atoms with Gasteiger partial charge in [-0.3, -0.25) is 19.0 Å². The number of aryl methyl sites for hydroxylation is 1. The third-order valence-corrected chi connectivity index (χ3v) is 6.37. The Morgan fingerprint density at radius 1 is 1.29 bits per heavy atom. The first-order chi connectivity index (χ1) is 16.5. The van der Waals surface area contributed by atoms with Crippen molar-refractivity contribution in [3.8, 4) is 5.88 Å². The lowest BCUT2D eigenvalue weighted by atomic mass is 9.96. The summed E-state index contributed by atoms with van der Waals surface area (Å²) in [5.41, 5.74) is 0.222. The third kappa shape index (κ3) is 5.12.